The fraction of sp³-hybridized carbons (Fsp3) is 0.571. The molecule has 0 aromatic carbocycles. The van der Waals surface area contributed by atoms with E-state index in [0.717, 1.165) is 5.92 Å². The molecule has 2 unspecified atom stereocenters. The van der Waals surface area contributed by atoms with Crippen LogP contribution in [0, 0.1) is 5.92 Å². The van der Waals surface area contributed by atoms with Crippen LogP contribution in [0.25, 0.3) is 0 Å². The highest BCUT2D eigenvalue weighted by Crippen LogP contribution is 2.32. The van der Waals surface area contributed by atoms with Crippen LogP contribution in [0.1, 0.15) is 33.1 Å². The van der Waals surface area contributed by atoms with Gasteiger partial charge in [0.05, 0.1) is 0 Å². The lowest BCUT2D eigenvalue weighted by Gasteiger charge is -2.39. The van der Waals surface area contributed by atoms with Gasteiger partial charge in [-0.15, -0.1) is 0 Å². The molecule has 0 amide bonds. The first-order chi connectivity index (χ1) is 7.20. The highest BCUT2D eigenvalue weighted by atomic mass is 15.1. The molecule has 1 nitrogen and oxygen atoms in total. The molecule has 82 valence electrons. The van der Waals surface area contributed by atoms with Crippen molar-refractivity contribution in [3.05, 3.63) is 35.6 Å². The molecular formula is C14H21N. The van der Waals surface area contributed by atoms with Crippen LogP contribution in [0.2, 0.25) is 0 Å². The molecule has 0 aromatic heterocycles. The number of likely N-dealkylation sites (N-methyl/N-ethyl adjacent to an activating group) is 1. The first kappa shape index (κ1) is 10.5. The molecule has 1 heterocycles. The predicted octanol–water partition coefficient (Wildman–Crippen LogP) is 3.51. The van der Waals surface area contributed by atoms with Crippen LogP contribution in [0.15, 0.2) is 35.6 Å². The summed E-state index contributed by atoms with van der Waals surface area (Å²) in [5, 5.41) is 0. The molecule has 0 radical (unpaired) electrons. The molecule has 0 aromatic rings. The van der Waals surface area contributed by atoms with Gasteiger partial charge in [-0.1, -0.05) is 25.2 Å². The molecule has 0 saturated heterocycles. The van der Waals surface area contributed by atoms with Crippen LogP contribution in [0.4, 0.5) is 0 Å². The van der Waals surface area contributed by atoms with Gasteiger partial charge in [0, 0.05) is 18.8 Å². The fourth-order valence-electron chi connectivity index (χ4n) is 2.44. The Bertz CT molecular complexity index is 322. The molecule has 15 heavy (non-hydrogen) atoms. The van der Waals surface area contributed by atoms with Crippen LogP contribution < -0.4 is 0 Å². The van der Waals surface area contributed by atoms with Crippen molar-refractivity contribution < 1.29 is 0 Å². The third-order valence-electron chi connectivity index (χ3n) is 3.78. The van der Waals surface area contributed by atoms with Crippen molar-refractivity contribution in [1.82, 2.24) is 4.90 Å². The summed E-state index contributed by atoms with van der Waals surface area (Å²) in [5.74, 6) is 0.756. The largest absolute Gasteiger partial charge is 0.371 e. The lowest BCUT2D eigenvalue weighted by atomic mass is 9.87. The van der Waals surface area contributed by atoms with Crippen molar-refractivity contribution >= 4 is 0 Å². The minimum atomic E-state index is 0.654. The topological polar surface area (TPSA) is 3.24 Å². The number of hydrogen-bond donors (Lipinski definition) is 0. The van der Waals surface area contributed by atoms with Gasteiger partial charge < -0.3 is 4.90 Å². The second kappa shape index (κ2) is 4.26. The van der Waals surface area contributed by atoms with Gasteiger partial charge in [-0.25, -0.2) is 0 Å². The molecule has 1 aliphatic heterocycles. The molecule has 0 N–H and O–H groups in total. The third kappa shape index (κ3) is 2.01. The monoisotopic (exact) mass is 203 g/mol. The molecule has 0 spiro atoms. The van der Waals surface area contributed by atoms with Gasteiger partial charge in [0.1, 0.15) is 0 Å². The molecular weight excluding hydrogens is 182 g/mol. The Balaban J connectivity index is 2.37. The van der Waals surface area contributed by atoms with E-state index in [1.165, 1.54) is 30.5 Å². The SMILES string of the molecule is CC1CC2=C(/C=C\CC/C=C/2)N(C)C1C. The van der Waals surface area contributed by atoms with Gasteiger partial charge in [-0.2, -0.15) is 0 Å². The molecule has 0 saturated carbocycles. The van der Waals surface area contributed by atoms with E-state index in [0.29, 0.717) is 6.04 Å². The van der Waals surface area contributed by atoms with E-state index in [1.807, 2.05) is 0 Å². The van der Waals surface area contributed by atoms with E-state index in [9.17, 15) is 0 Å². The van der Waals surface area contributed by atoms with Gasteiger partial charge >= 0.3 is 0 Å². The first-order valence-corrected chi connectivity index (χ1v) is 5.99. The van der Waals surface area contributed by atoms with Gasteiger partial charge in [-0.3, -0.25) is 0 Å². The van der Waals surface area contributed by atoms with E-state index in [2.05, 4.69) is 50.1 Å². The molecule has 1 heteroatoms. The van der Waals surface area contributed by atoms with Crippen molar-refractivity contribution in [3.63, 3.8) is 0 Å². The quantitative estimate of drug-likeness (QED) is 0.582. The normalized spacial score (nSPS) is 35.5. The van der Waals surface area contributed by atoms with Crippen molar-refractivity contribution in [2.45, 2.75) is 39.2 Å². The van der Waals surface area contributed by atoms with Gasteiger partial charge in [0.2, 0.25) is 0 Å². The molecule has 0 fully saturated rings. The van der Waals surface area contributed by atoms with E-state index in [4.69, 9.17) is 0 Å². The van der Waals surface area contributed by atoms with Gasteiger partial charge in [0.25, 0.3) is 0 Å². The van der Waals surface area contributed by atoms with Crippen molar-refractivity contribution in [2.24, 2.45) is 5.92 Å². The Labute approximate surface area is 93.2 Å². The third-order valence-corrected chi connectivity index (χ3v) is 3.78. The molecule has 1 aliphatic carbocycles. The molecule has 2 aliphatic rings. The lowest BCUT2D eigenvalue weighted by molar-refractivity contribution is 0.229. The van der Waals surface area contributed by atoms with Gasteiger partial charge in [0.15, 0.2) is 0 Å². The number of rotatable bonds is 0. The van der Waals surface area contributed by atoms with Gasteiger partial charge in [-0.05, 0) is 43.8 Å². The van der Waals surface area contributed by atoms with Crippen LogP contribution >= 0.6 is 0 Å². The Kier molecular flexibility index (Phi) is 2.99. The Morgan fingerprint density at radius 2 is 1.80 bits per heavy atom. The Morgan fingerprint density at radius 3 is 2.53 bits per heavy atom. The van der Waals surface area contributed by atoms with Crippen LogP contribution in [-0.2, 0) is 0 Å². The predicted molar refractivity (Wildman–Crippen MR) is 65.5 cm³/mol. The van der Waals surface area contributed by atoms with Crippen molar-refractivity contribution in [1.29, 1.82) is 0 Å². The standard InChI is InChI=1S/C14H21N/c1-11-10-13-8-6-4-5-7-9-14(13)15(3)12(11)2/h6-9,11-12H,4-5,10H2,1-3H3/b8-6+,9-7-. The zero-order valence-electron chi connectivity index (χ0n) is 10.0. The second-order valence-electron chi connectivity index (χ2n) is 4.83. The molecule has 2 rings (SSSR count). The molecule has 0 bridgehead atoms. The maximum atomic E-state index is 2.43. The number of allylic oxidation sites excluding steroid dienone is 5. The zero-order chi connectivity index (χ0) is 10.8. The molecule has 2 atom stereocenters. The summed E-state index contributed by atoms with van der Waals surface area (Å²) < 4.78 is 0. The fourth-order valence-corrected chi connectivity index (χ4v) is 2.44. The van der Waals surface area contributed by atoms with Crippen LogP contribution in [0.3, 0.4) is 0 Å². The summed E-state index contributed by atoms with van der Waals surface area (Å²) in [6, 6.07) is 0.654. The minimum Gasteiger partial charge on any atom is -0.371 e. The highest BCUT2D eigenvalue weighted by molar-refractivity contribution is 5.36. The Morgan fingerprint density at radius 1 is 1.13 bits per heavy atom. The van der Waals surface area contributed by atoms with Crippen molar-refractivity contribution in [3.8, 4) is 0 Å². The average molecular weight is 203 g/mol. The zero-order valence-corrected chi connectivity index (χ0v) is 10.0. The average Bonchev–Trinajstić information content (AvgIpc) is 2.18. The maximum Gasteiger partial charge on any atom is 0.0395 e. The summed E-state index contributed by atoms with van der Waals surface area (Å²) in [6.07, 6.45) is 12.8. The number of hydrogen-bond acceptors (Lipinski definition) is 1. The number of nitrogens with zero attached hydrogens (tertiary/aromatic N) is 1. The van der Waals surface area contributed by atoms with E-state index in [-0.39, 0.29) is 0 Å². The summed E-state index contributed by atoms with van der Waals surface area (Å²) in [7, 11) is 2.22. The highest BCUT2D eigenvalue weighted by Gasteiger charge is 2.25. The van der Waals surface area contributed by atoms with Crippen molar-refractivity contribution in [2.75, 3.05) is 7.05 Å². The van der Waals surface area contributed by atoms with Crippen LogP contribution in [0.5, 0.6) is 0 Å². The Hall–Kier alpha value is -0.980. The summed E-state index contributed by atoms with van der Waals surface area (Å²) in [5.41, 5.74) is 2.94. The minimum absolute atomic E-state index is 0.654. The maximum absolute atomic E-state index is 2.43. The van der Waals surface area contributed by atoms with Crippen LogP contribution in [-0.4, -0.2) is 18.0 Å². The second-order valence-corrected chi connectivity index (χ2v) is 4.83. The van der Waals surface area contributed by atoms with E-state index >= 15 is 0 Å². The first-order valence-electron chi connectivity index (χ1n) is 5.99. The van der Waals surface area contributed by atoms with E-state index in [1.54, 1.807) is 0 Å². The summed E-state index contributed by atoms with van der Waals surface area (Å²) >= 11 is 0. The summed E-state index contributed by atoms with van der Waals surface area (Å²) in [6.45, 7) is 4.67. The summed E-state index contributed by atoms with van der Waals surface area (Å²) in [4.78, 5) is 2.43. The smallest absolute Gasteiger partial charge is 0.0395 e. The lowest BCUT2D eigenvalue weighted by Crippen LogP contribution is -2.37. The van der Waals surface area contributed by atoms with E-state index < -0.39 is 0 Å².